The van der Waals surface area contributed by atoms with E-state index in [0.29, 0.717) is 6.61 Å². The number of rotatable bonds is 4. The van der Waals surface area contributed by atoms with E-state index in [4.69, 9.17) is 4.74 Å². The molecule has 3 rings (SSSR count). The van der Waals surface area contributed by atoms with Crippen molar-refractivity contribution in [2.75, 3.05) is 13.7 Å². The second-order valence-corrected chi connectivity index (χ2v) is 5.89. The fraction of sp³-hybridized carbons (Fsp3) is 0.250. The predicted molar refractivity (Wildman–Crippen MR) is 92.5 cm³/mol. The van der Waals surface area contributed by atoms with Gasteiger partial charge in [-0.1, -0.05) is 54.6 Å². The maximum Gasteiger partial charge on any atom is 0.410 e. The Labute approximate surface area is 137 Å². The second kappa shape index (κ2) is 6.29. The third-order valence-corrected chi connectivity index (χ3v) is 4.58. The molecule has 0 spiro atoms. The summed E-state index contributed by atoms with van der Waals surface area (Å²) in [6.45, 7) is 5.97. The van der Waals surface area contributed by atoms with E-state index in [9.17, 15) is 4.79 Å². The lowest BCUT2D eigenvalue weighted by Crippen LogP contribution is -2.34. The maximum atomic E-state index is 12.2. The van der Waals surface area contributed by atoms with Crippen molar-refractivity contribution >= 4 is 6.09 Å². The van der Waals surface area contributed by atoms with Gasteiger partial charge in [0.05, 0.1) is 0 Å². The summed E-state index contributed by atoms with van der Waals surface area (Å²) < 4.78 is 5.56. The van der Waals surface area contributed by atoms with Gasteiger partial charge in [0.15, 0.2) is 0 Å². The van der Waals surface area contributed by atoms with Crippen LogP contribution < -0.4 is 0 Å². The minimum Gasteiger partial charge on any atom is -0.448 e. The number of ether oxygens (including phenoxy) is 1. The van der Waals surface area contributed by atoms with Gasteiger partial charge in [0.25, 0.3) is 0 Å². The first-order valence-electron chi connectivity index (χ1n) is 7.84. The van der Waals surface area contributed by atoms with Crippen LogP contribution in [0.4, 0.5) is 4.79 Å². The molecular formula is C20H21NO2. The van der Waals surface area contributed by atoms with Crippen molar-refractivity contribution in [1.29, 1.82) is 0 Å². The Morgan fingerprint density at radius 1 is 1.17 bits per heavy atom. The van der Waals surface area contributed by atoms with E-state index < -0.39 is 0 Å². The van der Waals surface area contributed by atoms with Crippen molar-refractivity contribution in [3.05, 3.63) is 72.3 Å². The average molecular weight is 307 g/mol. The standard InChI is InChI=1S/C20H21NO2/c1-4-14(2)21(3)20(22)23-13-19-17-11-7-5-9-15(17)16-10-6-8-12-18(16)19/h4-12,14,19H,1,13H2,2-3H3. The molecule has 2 aromatic rings. The number of carbonyl (C=O) groups excluding carboxylic acids is 1. The van der Waals surface area contributed by atoms with Gasteiger partial charge in [-0.15, -0.1) is 6.58 Å². The zero-order chi connectivity index (χ0) is 16.4. The summed E-state index contributed by atoms with van der Waals surface area (Å²) in [7, 11) is 1.73. The van der Waals surface area contributed by atoms with E-state index in [1.54, 1.807) is 18.0 Å². The lowest BCUT2D eigenvalue weighted by atomic mass is 9.98. The number of fused-ring (bicyclic) bond motifs is 3. The lowest BCUT2D eigenvalue weighted by molar-refractivity contribution is 0.103. The largest absolute Gasteiger partial charge is 0.448 e. The summed E-state index contributed by atoms with van der Waals surface area (Å²) >= 11 is 0. The highest BCUT2D eigenvalue weighted by Gasteiger charge is 2.29. The minimum atomic E-state index is -0.320. The summed E-state index contributed by atoms with van der Waals surface area (Å²) in [6.07, 6.45) is 1.40. The molecule has 0 aromatic heterocycles. The van der Waals surface area contributed by atoms with E-state index >= 15 is 0 Å². The zero-order valence-corrected chi connectivity index (χ0v) is 13.5. The smallest absolute Gasteiger partial charge is 0.410 e. The van der Waals surface area contributed by atoms with Crippen LogP contribution in [0.5, 0.6) is 0 Å². The maximum absolute atomic E-state index is 12.2. The van der Waals surface area contributed by atoms with E-state index in [1.165, 1.54) is 22.3 Å². The van der Waals surface area contributed by atoms with Gasteiger partial charge in [0.1, 0.15) is 6.61 Å². The molecule has 2 aromatic carbocycles. The van der Waals surface area contributed by atoms with Crippen LogP contribution in [0.2, 0.25) is 0 Å². The number of hydrogen-bond acceptors (Lipinski definition) is 2. The van der Waals surface area contributed by atoms with Crippen molar-refractivity contribution in [2.45, 2.75) is 18.9 Å². The first kappa shape index (κ1) is 15.3. The second-order valence-electron chi connectivity index (χ2n) is 5.89. The van der Waals surface area contributed by atoms with Gasteiger partial charge < -0.3 is 9.64 Å². The molecule has 0 aliphatic heterocycles. The molecule has 1 aliphatic carbocycles. The fourth-order valence-corrected chi connectivity index (χ4v) is 3.02. The van der Waals surface area contributed by atoms with Crippen LogP contribution in [0.1, 0.15) is 24.0 Å². The monoisotopic (exact) mass is 307 g/mol. The van der Waals surface area contributed by atoms with Crippen molar-refractivity contribution in [2.24, 2.45) is 0 Å². The van der Waals surface area contributed by atoms with Crippen LogP contribution in [-0.4, -0.2) is 30.7 Å². The summed E-state index contributed by atoms with van der Waals surface area (Å²) in [5.74, 6) is 0.0961. The molecule has 118 valence electrons. The van der Waals surface area contributed by atoms with E-state index in [2.05, 4.69) is 30.8 Å². The SMILES string of the molecule is C=CC(C)N(C)C(=O)OCC1c2ccccc2-c2ccccc21. The molecule has 0 bridgehead atoms. The van der Waals surface area contributed by atoms with Crippen molar-refractivity contribution in [3.63, 3.8) is 0 Å². The first-order valence-corrected chi connectivity index (χ1v) is 7.84. The Kier molecular flexibility index (Phi) is 4.20. The van der Waals surface area contributed by atoms with Crippen LogP contribution in [-0.2, 0) is 4.74 Å². The van der Waals surface area contributed by atoms with Crippen LogP contribution >= 0.6 is 0 Å². The van der Waals surface area contributed by atoms with Crippen LogP contribution in [0.25, 0.3) is 11.1 Å². The number of hydrogen-bond donors (Lipinski definition) is 0. The molecule has 3 heteroatoms. The molecule has 1 unspecified atom stereocenters. The summed E-state index contributed by atoms with van der Waals surface area (Å²) in [5, 5.41) is 0. The molecule has 1 atom stereocenters. The molecule has 0 N–H and O–H groups in total. The van der Waals surface area contributed by atoms with Crippen molar-refractivity contribution in [3.8, 4) is 11.1 Å². The third-order valence-electron chi connectivity index (χ3n) is 4.58. The molecule has 0 saturated heterocycles. The molecule has 3 nitrogen and oxygen atoms in total. The normalized spacial score (nSPS) is 13.8. The van der Waals surface area contributed by atoms with Gasteiger partial charge in [-0.3, -0.25) is 0 Å². The van der Waals surface area contributed by atoms with Crippen LogP contribution in [0.15, 0.2) is 61.2 Å². The van der Waals surface area contributed by atoms with Crippen LogP contribution in [0, 0.1) is 0 Å². The number of carbonyl (C=O) groups is 1. The van der Waals surface area contributed by atoms with Gasteiger partial charge in [0, 0.05) is 19.0 Å². The summed E-state index contributed by atoms with van der Waals surface area (Å²) in [4.78, 5) is 13.7. The van der Waals surface area contributed by atoms with E-state index in [-0.39, 0.29) is 18.1 Å². The molecule has 0 heterocycles. The van der Waals surface area contributed by atoms with Gasteiger partial charge in [-0.05, 0) is 29.2 Å². The summed E-state index contributed by atoms with van der Waals surface area (Å²) in [5.41, 5.74) is 4.91. The van der Waals surface area contributed by atoms with Gasteiger partial charge in [-0.25, -0.2) is 4.79 Å². The Morgan fingerprint density at radius 2 is 1.70 bits per heavy atom. The molecule has 0 saturated carbocycles. The number of likely N-dealkylation sites (N-methyl/N-ethyl adjacent to an activating group) is 1. The Bertz CT molecular complexity index is 692. The first-order chi connectivity index (χ1) is 11.1. The number of amides is 1. The van der Waals surface area contributed by atoms with Crippen molar-refractivity contribution < 1.29 is 9.53 Å². The quantitative estimate of drug-likeness (QED) is 0.781. The molecule has 1 amide bonds. The average Bonchev–Trinajstić information content (AvgIpc) is 2.92. The Hall–Kier alpha value is -2.55. The fourth-order valence-electron chi connectivity index (χ4n) is 3.02. The molecular weight excluding hydrogens is 286 g/mol. The minimum absolute atomic E-state index is 0.0503. The highest BCUT2D eigenvalue weighted by atomic mass is 16.6. The van der Waals surface area contributed by atoms with Crippen molar-refractivity contribution in [1.82, 2.24) is 4.90 Å². The lowest BCUT2D eigenvalue weighted by Gasteiger charge is -2.23. The number of nitrogens with zero attached hydrogens (tertiary/aromatic N) is 1. The molecule has 23 heavy (non-hydrogen) atoms. The highest BCUT2D eigenvalue weighted by molar-refractivity contribution is 5.79. The third kappa shape index (κ3) is 2.74. The molecule has 1 aliphatic rings. The van der Waals surface area contributed by atoms with E-state index in [0.717, 1.165) is 0 Å². The van der Waals surface area contributed by atoms with Gasteiger partial charge >= 0.3 is 6.09 Å². The zero-order valence-electron chi connectivity index (χ0n) is 13.5. The predicted octanol–water partition coefficient (Wildman–Crippen LogP) is 4.44. The highest BCUT2D eigenvalue weighted by Crippen LogP contribution is 2.44. The molecule has 0 fully saturated rings. The Balaban J connectivity index is 1.81. The van der Waals surface area contributed by atoms with Gasteiger partial charge in [0.2, 0.25) is 0 Å². The van der Waals surface area contributed by atoms with E-state index in [1.807, 2.05) is 31.2 Å². The topological polar surface area (TPSA) is 29.5 Å². The Morgan fingerprint density at radius 3 is 2.22 bits per heavy atom. The molecule has 0 radical (unpaired) electrons. The number of benzene rings is 2. The van der Waals surface area contributed by atoms with Crippen LogP contribution in [0.3, 0.4) is 0 Å². The van der Waals surface area contributed by atoms with Gasteiger partial charge in [-0.2, -0.15) is 0 Å². The summed E-state index contributed by atoms with van der Waals surface area (Å²) in [6, 6.07) is 16.6.